The molecule has 0 saturated carbocycles. The Kier molecular flexibility index (Phi) is 5.10. The van der Waals surface area contributed by atoms with Crippen LogP contribution < -0.4 is 10.2 Å². The number of carbonyl (C=O) groups excluding carboxylic acids is 1. The van der Waals surface area contributed by atoms with E-state index in [0.717, 1.165) is 11.6 Å². The Labute approximate surface area is 174 Å². The van der Waals surface area contributed by atoms with Crippen molar-refractivity contribution in [3.05, 3.63) is 99.9 Å². The lowest BCUT2D eigenvalue weighted by Gasteiger charge is -2.13. The average molecular weight is 424 g/mol. The van der Waals surface area contributed by atoms with Crippen molar-refractivity contribution in [2.24, 2.45) is 0 Å². The Balaban J connectivity index is 1.81. The van der Waals surface area contributed by atoms with Gasteiger partial charge in [-0.3, -0.25) is 4.79 Å². The molecule has 0 aliphatic rings. The molecule has 0 aliphatic carbocycles. The third-order valence-corrected chi connectivity index (χ3v) is 4.68. The van der Waals surface area contributed by atoms with Crippen LogP contribution in [0, 0.1) is 6.92 Å². The number of fused-ring (bicyclic) bond motifs is 1. The molecule has 0 atom stereocenters. The van der Waals surface area contributed by atoms with Crippen LogP contribution in [0.3, 0.4) is 0 Å². The number of alkyl halides is 3. The summed E-state index contributed by atoms with van der Waals surface area (Å²) in [6, 6.07) is 17.9. The fraction of sp³-hybridized carbons (Fsp3) is 0.0833. The van der Waals surface area contributed by atoms with Gasteiger partial charge in [-0.25, -0.2) is 4.79 Å². The first-order valence-corrected chi connectivity index (χ1v) is 9.26. The van der Waals surface area contributed by atoms with Gasteiger partial charge in [0.25, 0.3) is 0 Å². The monoisotopic (exact) mass is 424 g/mol. The van der Waals surface area contributed by atoms with E-state index in [2.05, 4.69) is 0 Å². The van der Waals surface area contributed by atoms with Gasteiger partial charge in [-0.2, -0.15) is 13.2 Å². The number of hydrogen-bond donors (Lipinski definition) is 0. The van der Waals surface area contributed by atoms with Crippen molar-refractivity contribution in [2.75, 3.05) is 0 Å². The Hall–Kier alpha value is -3.87. The number of esters is 1. The molecule has 4 aromatic rings. The molecule has 0 amide bonds. The molecule has 0 fully saturated rings. The summed E-state index contributed by atoms with van der Waals surface area (Å²) in [5.74, 6) is -2.13. The second kappa shape index (κ2) is 7.75. The normalized spacial score (nSPS) is 11.5. The fourth-order valence-corrected chi connectivity index (χ4v) is 3.16. The minimum atomic E-state index is -4.90. The van der Waals surface area contributed by atoms with Crippen LogP contribution in [0.1, 0.15) is 21.7 Å². The first-order valence-electron chi connectivity index (χ1n) is 9.26. The first-order chi connectivity index (χ1) is 14.7. The van der Waals surface area contributed by atoms with E-state index in [-0.39, 0.29) is 27.8 Å². The number of halogens is 3. The van der Waals surface area contributed by atoms with Crippen molar-refractivity contribution in [1.29, 1.82) is 0 Å². The molecule has 1 heterocycles. The lowest BCUT2D eigenvalue weighted by Crippen LogP contribution is -2.16. The van der Waals surface area contributed by atoms with Crippen molar-refractivity contribution in [3.8, 4) is 16.9 Å². The second-order valence-electron chi connectivity index (χ2n) is 6.91. The van der Waals surface area contributed by atoms with Gasteiger partial charge in [-0.05, 0) is 36.8 Å². The van der Waals surface area contributed by atoms with Crippen molar-refractivity contribution >= 4 is 16.9 Å². The largest absolute Gasteiger partial charge is 0.450 e. The summed E-state index contributed by atoms with van der Waals surface area (Å²) >= 11 is 0. The van der Waals surface area contributed by atoms with Gasteiger partial charge in [0.15, 0.2) is 0 Å². The van der Waals surface area contributed by atoms with Gasteiger partial charge in [0.05, 0.1) is 16.5 Å². The number of aryl methyl sites for hydroxylation is 1. The predicted molar refractivity (Wildman–Crippen MR) is 109 cm³/mol. The van der Waals surface area contributed by atoms with Gasteiger partial charge < -0.3 is 9.15 Å². The predicted octanol–water partition coefficient (Wildman–Crippen LogP) is 6.01. The second-order valence-corrected chi connectivity index (χ2v) is 6.91. The number of rotatable bonds is 3. The SMILES string of the molecule is Cc1ccc(C(=O)Oc2ccc3c(=O)c(-c4ccccc4)c(C(F)(F)F)oc3c2)cc1. The van der Waals surface area contributed by atoms with Crippen molar-refractivity contribution in [1.82, 2.24) is 0 Å². The van der Waals surface area contributed by atoms with Crippen LogP contribution >= 0.6 is 0 Å². The van der Waals surface area contributed by atoms with E-state index in [1.54, 1.807) is 30.3 Å². The van der Waals surface area contributed by atoms with Crippen LogP contribution in [0.25, 0.3) is 22.1 Å². The van der Waals surface area contributed by atoms with Crippen molar-refractivity contribution < 1.29 is 27.1 Å². The number of hydrogen-bond acceptors (Lipinski definition) is 4. The smallest absolute Gasteiger partial charge is 0.450 e. The zero-order valence-corrected chi connectivity index (χ0v) is 16.2. The standard InChI is InChI=1S/C24H15F3O4/c1-14-7-9-16(10-8-14)23(29)30-17-11-12-18-19(13-17)31-22(24(25,26)27)20(21(18)28)15-5-3-2-4-6-15/h2-13H,1H3. The molecule has 3 aromatic carbocycles. The molecule has 0 unspecified atom stereocenters. The van der Waals surface area contributed by atoms with Gasteiger partial charge in [-0.15, -0.1) is 0 Å². The Morgan fingerprint density at radius 1 is 0.935 bits per heavy atom. The van der Waals surface area contributed by atoms with Crippen LogP contribution in [0.2, 0.25) is 0 Å². The Morgan fingerprint density at radius 2 is 1.61 bits per heavy atom. The summed E-state index contributed by atoms with van der Waals surface area (Å²) in [6.07, 6.45) is -4.90. The Bertz CT molecular complexity index is 1320. The van der Waals surface area contributed by atoms with E-state index in [4.69, 9.17) is 9.15 Å². The van der Waals surface area contributed by atoms with Crippen LogP contribution in [0.15, 0.2) is 82.0 Å². The van der Waals surface area contributed by atoms with E-state index in [9.17, 15) is 22.8 Å². The molecule has 0 aliphatic heterocycles. The van der Waals surface area contributed by atoms with E-state index in [1.807, 2.05) is 6.92 Å². The molecule has 0 bridgehead atoms. The maximum absolute atomic E-state index is 13.7. The molecule has 31 heavy (non-hydrogen) atoms. The zero-order valence-electron chi connectivity index (χ0n) is 16.2. The van der Waals surface area contributed by atoms with Crippen molar-refractivity contribution in [3.63, 3.8) is 0 Å². The lowest BCUT2D eigenvalue weighted by molar-refractivity contribution is -0.152. The molecule has 1 aromatic heterocycles. The van der Waals surface area contributed by atoms with E-state index in [0.29, 0.717) is 0 Å². The average Bonchev–Trinajstić information content (AvgIpc) is 2.74. The van der Waals surface area contributed by atoms with Crippen LogP contribution in [-0.4, -0.2) is 5.97 Å². The van der Waals surface area contributed by atoms with Gasteiger partial charge in [0.2, 0.25) is 11.2 Å². The number of ether oxygens (including phenoxy) is 1. The van der Waals surface area contributed by atoms with Gasteiger partial charge >= 0.3 is 12.1 Å². The van der Waals surface area contributed by atoms with Gasteiger partial charge in [-0.1, -0.05) is 48.0 Å². The molecule has 0 N–H and O–H groups in total. The van der Waals surface area contributed by atoms with Crippen LogP contribution in [-0.2, 0) is 6.18 Å². The number of benzene rings is 3. The third kappa shape index (κ3) is 4.07. The van der Waals surface area contributed by atoms with Gasteiger partial charge in [0.1, 0.15) is 11.3 Å². The van der Waals surface area contributed by atoms with E-state index < -0.39 is 28.9 Å². The van der Waals surface area contributed by atoms with Crippen LogP contribution in [0.5, 0.6) is 5.75 Å². The highest BCUT2D eigenvalue weighted by molar-refractivity contribution is 5.92. The summed E-state index contributed by atoms with van der Waals surface area (Å²) in [5, 5.41) is -0.0537. The highest BCUT2D eigenvalue weighted by atomic mass is 19.4. The number of carbonyl (C=O) groups is 1. The fourth-order valence-electron chi connectivity index (χ4n) is 3.16. The van der Waals surface area contributed by atoms with E-state index in [1.165, 1.54) is 36.4 Å². The zero-order chi connectivity index (χ0) is 22.2. The molecule has 4 rings (SSSR count). The maximum Gasteiger partial charge on any atom is 0.450 e. The van der Waals surface area contributed by atoms with E-state index >= 15 is 0 Å². The highest BCUT2D eigenvalue weighted by Crippen LogP contribution is 2.37. The summed E-state index contributed by atoms with van der Waals surface area (Å²) < 4.78 is 51.4. The maximum atomic E-state index is 13.7. The lowest BCUT2D eigenvalue weighted by atomic mass is 10.0. The summed E-state index contributed by atoms with van der Waals surface area (Å²) in [7, 11) is 0. The first kappa shape index (κ1) is 20.4. The van der Waals surface area contributed by atoms with Gasteiger partial charge in [0, 0.05) is 6.07 Å². The summed E-state index contributed by atoms with van der Waals surface area (Å²) in [4.78, 5) is 25.2. The summed E-state index contributed by atoms with van der Waals surface area (Å²) in [6.45, 7) is 1.86. The molecule has 0 saturated heterocycles. The highest BCUT2D eigenvalue weighted by Gasteiger charge is 2.39. The molecular formula is C24H15F3O4. The molecule has 0 radical (unpaired) electrons. The molecule has 156 valence electrons. The Morgan fingerprint density at radius 3 is 2.26 bits per heavy atom. The van der Waals surface area contributed by atoms with Crippen molar-refractivity contribution in [2.45, 2.75) is 13.1 Å². The molecular weight excluding hydrogens is 409 g/mol. The molecule has 7 heteroatoms. The summed E-state index contributed by atoms with van der Waals surface area (Å²) in [5.41, 5.74) is -0.381. The third-order valence-electron chi connectivity index (χ3n) is 4.68. The van der Waals surface area contributed by atoms with Crippen LogP contribution in [0.4, 0.5) is 13.2 Å². The molecule has 0 spiro atoms. The quantitative estimate of drug-likeness (QED) is 0.299. The minimum Gasteiger partial charge on any atom is -0.450 e. The minimum absolute atomic E-state index is 0.0400. The molecule has 4 nitrogen and oxygen atoms in total. The topological polar surface area (TPSA) is 56.5 Å².